The molecule has 5 nitrogen and oxygen atoms in total. The predicted octanol–water partition coefficient (Wildman–Crippen LogP) is 1.25. The molecule has 0 saturated heterocycles. The van der Waals surface area contributed by atoms with E-state index in [4.69, 9.17) is 10.8 Å². The molecule has 1 heterocycles. The summed E-state index contributed by atoms with van der Waals surface area (Å²) in [5.74, 6) is 0.962. The number of hydrogen-bond acceptors (Lipinski definition) is 5. The zero-order valence-electron chi connectivity index (χ0n) is 9.72. The number of rotatable bonds is 4. The maximum Gasteiger partial charge on any atom is 0.137 e. The SMILES string of the molecule is CC(CO)CNc1ncnc2cc(N)ccc12. The third kappa shape index (κ3) is 2.62. The molecule has 90 valence electrons. The van der Waals surface area contributed by atoms with Crippen molar-refractivity contribution >= 4 is 22.4 Å². The van der Waals surface area contributed by atoms with Crippen molar-refractivity contribution in [1.29, 1.82) is 0 Å². The molecule has 0 aliphatic carbocycles. The van der Waals surface area contributed by atoms with Crippen LogP contribution in [-0.4, -0.2) is 28.2 Å². The van der Waals surface area contributed by atoms with Crippen LogP contribution in [0, 0.1) is 5.92 Å². The summed E-state index contributed by atoms with van der Waals surface area (Å²) >= 11 is 0. The highest BCUT2D eigenvalue weighted by molar-refractivity contribution is 5.90. The van der Waals surface area contributed by atoms with Crippen molar-refractivity contribution in [1.82, 2.24) is 9.97 Å². The first kappa shape index (κ1) is 11.6. The van der Waals surface area contributed by atoms with Gasteiger partial charge >= 0.3 is 0 Å². The molecule has 0 bridgehead atoms. The third-order valence-corrected chi connectivity index (χ3v) is 2.59. The van der Waals surface area contributed by atoms with Gasteiger partial charge in [-0.25, -0.2) is 9.97 Å². The van der Waals surface area contributed by atoms with Gasteiger partial charge in [0.15, 0.2) is 0 Å². The van der Waals surface area contributed by atoms with Crippen LogP contribution in [0.3, 0.4) is 0 Å². The number of benzene rings is 1. The van der Waals surface area contributed by atoms with E-state index >= 15 is 0 Å². The minimum atomic E-state index is 0.156. The molecule has 2 rings (SSSR count). The maximum atomic E-state index is 8.97. The van der Waals surface area contributed by atoms with Gasteiger partial charge in [-0.3, -0.25) is 0 Å². The Balaban J connectivity index is 2.28. The van der Waals surface area contributed by atoms with Crippen molar-refractivity contribution in [2.75, 3.05) is 24.2 Å². The van der Waals surface area contributed by atoms with Crippen molar-refractivity contribution in [3.63, 3.8) is 0 Å². The molecule has 0 spiro atoms. The number of aromatic nitrogens is 2. The monoisotopic (exact) mass is 232 g/mol. The molecule has 1 atom stereocenters. The van der Waals surface area contributed by atoms with Crippen LogP contribution in [0.1, 0.15) is 6.92 Å². The second-order valence-corrected chi connectivity index (χ2v) is 4.17. The Bertz CT molecular complexity index is 515. The van der Waals surface area contributed by atoms with E-state index in [2.05, 4.69) is 15.3 Å². The van der Waals surface area contributed by atoms with E-state index in [1.54, 1.807) is 0 Å². The van der Waals surface area contributed by atoms with Gasteiger partial charge in [-0.1, -0.05) is 6.92 Å². The summed E-state index contributed by atoms with van der Waals surface area (Å²) in [4.78, 5) is 8.37. The molecule has 17 heavy (non-hydrogen) atoms. The van der Waals surface area contributed by atoms with Crippen LogP contribution in [0.5, 0.6) is 0 Å². The molecule has 5 heteroatoms. The second kappa shape index (κ2) is 4.97. The number of nitrogens with two attached hydrogens (primary N) is 1. The summed E-state index contributed by atoms with van der Waals surface area (Å²) in [6, 6.07) is 5.54. The third-order valence-electron chi connectivity index (χ3n) is 2.59. The van der Waals surface area contributed by atoms with Gasteiger partial charge in [-0.2, -0.15) is 0 Å². The lowest BCUT2D eigenvalue weighted by atomic mass is 10.2. The van der Waals surface area contributed by atoms with Gasteiger partial charge in [0.25, 0.3) is 0 Å². The van der Waals surface area contributed by atoms with Crippen molar-refractivity contribution in [2.45, 2.75) is 6.92 Å². The van der Waals surface area contributed by atoms with E-state index in [-0.39, 0.29) is 12.5 Å². The summed E-state index contributed by atoms with van der Waals surface area (Å²) in [5, 5.41) is 13.1. The van der Waals surface area contributed by atoms with Gasteiger partial charge < -0.3 is 16.2 Å². The Morgan fingerprint density at radius 1 is 1.41 bits per heavy atom. The molecule has 0 radical (unpaired) electrons. The van der Waals surface area contributed by atoms with Gasteiger partial charge in [0.2, 0.25) is 0 Å². The quantitative estimate of drug-likeness (QED) is 0.691. The van der Waals surface area contributed by atoms with Crippen molar-refractivity contribution in [2.24, 2.45) is 5.92 Å². The van der Waals surface area contributed by atoms with Crippen LogP contribution in [0.15, 0.2) is 24.5 Å². The van der Waals surface area contributed by atoms with E-state index in [0.29, 0.717) is 12.2 Å². The Kier molecular flexibility index (Phi) is 3.39. The maximum absolute atomic E-state index is 8.97. The molecular formula is C12H16N4O. The van der Waals surface area contributed by atoms with E-state index in [1.165, 1.54) is 6.33 Å². The summed E-state index contributed by atoms with van der Waals surface area (Å²) in [5.41, 5.74) is 7.21. The topological polar surface area (TPSA) is 84.1 Å². The Labute approximate surface area is 99.7 Å². The molecular weight excluding hydrogens is 216 g/mol. The molecule has 4 N–H and O–H groups in total. The number of aliphatic hydroxyl groups excluding tert-OH is 1. The van der Waals surface area contributed by atoms with Crippen LogP contribution in [0.4, 0.5) is 11.5 Å². The van der Waals surface area contributed by atoms with Gasteiger partial charge in [-0.05, 0) is 24.1 Å². The summed E-state index contributed by atoms with van der Waals surface area (Å²) < 4.78 is 0. The Hall–Kier alpha value is -1.88. The van der Waals surface area contributed by atoms with Crippen molar-refractivity contribution < 1.29 is 5.11 Å². The predicted molar refractivity (Wildman–Crippen MR) is 68.7 cm³/mol. The Morgan fingerprint density at radius 3 is 3.00 bits per heavy atom. The summed E-state index contributed by atoms with van der Waals surface area (Å²) in [7, 11) is 0. The standard InChI is InChI=1S/C12H16N4O/c1-8(6-17)5-14-12-10-3-2-9(13)4-11(10)15-7-16-12/h2-4,7-8,17H,5-6,13H2,1H3,(H,14,15,16). The minimum absolute atomic E-state index is 0.156. The molecule has 2 aromatic rings. The van der Waals surface area contributed by atoms with Crippen LogP contribution in [-0.2, 0) is 0 Å². The second-order valence-electron chi connectivity index (χ2n) is 4.17. The van der Waals surface area contributed by atoms with Gasteiger partial charge in [0.1, 0.15) is 12.1 Å². The minimum Gasteiger partial charge on any atom is -0.399 e. The van der Waals surface area contributed by atoms with Crippen LogP contribution in [0.25, 0.3) is 10.9 Å². The molecule has 1 unspecified atom stereocenters. The van der Waals surface area contributed by atoms with Crippen molar-refractivity contribution in [3.05, 3.63) is 24.5 Å². The molecule has 0 saturated carbocycles. The number of hydrogen-bond donors (Lipinski definition) is 3. The number of fused-ring (bicyclic) bond motifs is 1. The number of nitrogens with one attached hydrogen (secondary N) is 1. The van der Waals surface area contributed by atoms with Gasteiger partial charge in [0, 0.05) is 24.2 Å². The van der Waals surface area contributed by atoms with Gasteiger partial charge in [0.05, 0.1) is 5.52 Å². The molecule has 0 fully saturated rings. The van der Waals surface area contributed by atoms with E-state index in [0.717, 1.165) is 16.7 Å². The molecule has 1 aromatic carbocycles. The van der Waals surface area contributed by atoms with E-state index < -0.39 is 0 Å². The number of nitrogen functional groups attached to an aromatic ring is 1. The van der Waals surface area contributed by atoms with Crippen LogP contribution < -0.4 is 11.1 Å². The smallest absolute Gasteiger partial charge is 0.137 e. The summed E-state index contributed by atoms with van der Waals surface area (Å²) in [6.07, 6.45) is 1.51. The first-order chi connectivity index (χ1) is 8.20. The molecule has 0 aliphatic heterocycles. The fourth-order valence-corrected chi connectivity index (χ4v) is 1.55. The normalized spacial score (nSPS) is 12.6. The highest BCUT2D eigenvalue weighted by Gasteiger charge is 2.05. The van der Waals surface area contributed by atoms with Gasteiger partial charge in [-0.15, -0.1) is 0 Å². The molecule has 1 aromatic heterocycles. The number of nitrogens with zero attached hydrogens (tertiary/aromatic N) is 2. The molecule has 0 amide bonds. The van der Waals surface area contributed by atoms with Crippen LogP contribution >= 0.6 is 0 Å². The fraction of sp³-hybridized carbons (Fsp3) is 0.333. The molecule has 0 aliphatic rings. The average Bonchev–Trinajstić information content (AvgIpc) is 2.35. The zero-order valence-corrected chi connectivity index (χ0v) is 9.72. The Morgan fingerprint density at radius 2 is 2.24 bits per heavy atom. The highest BCUT2D eigenvalue weighted by atomic mass is 16.3. The largest absolute Gasteiger partial charge is 0.399 e. The summed E-state index contributed by atoms with van der Waals surface area (Å²) in [6.45, 7) is 2.80. The first-order valence-corrected chi connectivity index (χ1v) is 5.55. The zero-order chi connectivity index (χ0) is 12.3. The fourth-order valence-electron chi connectivity index (χ4n) is 1.55. The number of aliphatic hydroxyl groups is 1. The lowest BCUT2D eigenvalue weighted by Crippen LogP contribution is -2.15. The first-order valence-electron chi connectivity index (χ1n) is 5.55. The van der Waals surface area contributed by atoms with E-state index in [9.17, 15) is 0 Å². The highest BCUT2D eigenvalue weighted by Crippen LogP contribution is 2.21. The van der Waals surface area contributed by atoms with E-state index in [1.807, 2.05) is 25.1 Å². The lowest BCUT2D eigenvalue weighted by molar-refractivity contribution is 0.244. The lowest BCUT2D eigenvalue weighted by Gasteiger charge is -2.11. The average molecular weight is 232 g/mol. The van der Waals surface area contributed by atoms with Crippen LogP contribution in [0.2, 0.25) is 0 Å². The number of anilines is 2. The van der Waals surface area contributed by atoms with Crippen molar-refractivity contribution in [3.8, 4) is 0 Å².